The molecule has 0 saturated carbocycles. The van der Waals surface area contributed by atoms with Crippen LogP contribution in [0.15, 0.2) is 165 Å². The van der Waals surface area contributed by atoms with E-state index in [0.717, 1.165) is 60.7 Å². The lowest BCUT2D eigenvalue weighted by Crippen LogP contribution is -2.03. The predicted octanol–water partition coefficient (Wildman–Crippen LogP) is 10.8. The fourth-order valence-corrected chi connectivity index (χ4v) is 13.0. The van der Waals surface area contributed by atoms with E-state index in [9.17, 15) is 100 Å². The second kappa shape index (κ2) is 26.8. The molecule has 92 heavy (non-hydrogen) atoms. The van der Waals surface area contributed by atoms with Crippen LogP contribution in [-0.2, 0) is 78.7 Å². The van der Waals surface area contributed by atoms with Crippen LogP contribution >= 0.6 is 36.1 Å². The summed E-state index contributed by atoms with van der Waals surface area (Å²) in [4.78, 5) is 13.0. The second-order valence-electron chi connectivity index (χ2n) is 17.2. The molecule has 0 bridgehead atoms. The first-order chi connectivity index (χ1) is 43.0. The molecule has 0 radical (unpaired) electrons. The second-order valence-corrected chi connectivity index (χ2v) is 26.3. The SMILES string of the molecule is Nc1c(N=Nc2cc(S(=O)(=O)O)c3cc(S(=O)(=O)O)c(N=Nc4ccc([N+](=O)[O-])cc4SOOO)c(O)c3c2)cc(S(=O)(=O)O)c2cc(SOOO)c(N=Nc3ccc4c(O)c(N=Nc5ccc([N+](=O)[O-])cc5S(=O)(=O)O)c(SOOO)cc4c3S(=O)(=O)O)c(O)c12. The molecule has 8 aromatic rings. The molecule has 8 aromatic carbocycles. The summed E-state index contributed by atoms with van der Waals surface area (Å²) in [5.74, 6) is -3.73. The van der Waals surface area contributed by atoms with Crippen LogP contribution < -0.4 is 5.73 Å². The molecule has 0 spiro atoms. The molecule has 0 aliphatic carbocycles. The van der Waals surface area contributed by atoms with Crippen molar-refractivity contribution < 1.29 is 134 Å². The summed E-state index contributed by atoms with van der Waals surface area (Å²) in [7, 11) is -27.6. The van der Waals surface area contributed by atoms with Crippen molar-refractivity contribution in [1.29, 1.82) is 0 Å². The highest BCUT2D eigenvalue weighted by atomic mass is 32.2. The largest absolute Gasteiger partial charge is 0.505 e. The Morgan fingerprint density at radius 1 is 0.402 bits per heavy atom. The summed E-state index contributed by atoms with van der Waals surface area (Å²) in [6.07, 6.45) is 0. The van der Waals surface area contributed by atoms with Crippen molar-refractivity contribution in [2.24, 2.45) is 40.9 Å². The molecule has 13 N–H and O–H groups in total. The van der Waals surface area contributed by atoms with E-state index in [1.165, 1.54) is 0 Å². The third kappa shape index (κ3) is 14.7. The fraction of sp³-hybridized carbons (Fsp3) is 0. The number of nitrogen functional groups attached to an aromatic ring is 1. The Balaban J connectivity index is 1.30. The van der Waals surface area contributed by atoms with Crippen molar-refractivity contribution in [3.63, 3.8) is 0 Å². The van der Waals surface area contributed by atoms with Gasteiger partial charge in [0.25, 0.3) is 62.0 Å². The Hall–Kier alpha value is -8.82. The molecule has 50 heteroatoms. The van der Waals surface area contributed by atoms with E-state index in [1.807, 2.05) is 0 Å². The summed E-state index contributed by atoms with van der Waals surface area (Å²) < 4.78 is 193. The quantitative estimate of drug-likeness (QED) is 0.00508. The van der Waals surface area contributed by atoms with E-state index >= 15 is 0 Å². The van der Waals surface area contributed by atoms with Crippen molar-refractivity contribution in [3.05, 3.63) is 105 Å². The molecule has 0 heterocycles. The normalized spacial score (nSPS) is 12.9. The number of nitrogens with zero attached hydrogens (tertiary/aromatic N) is 10. The van der Waals surface area contributed by atoms with Gasteiger partial charge in [0, 0.05) is 51.2 Å². The molecule has 8 rings (SSSR count). The number of phenols is 3. The molecule has 0 amide bonds. The molecule has 0 atom stereocenters. The van der Waals surface area contributed by atoms with Crippen molar-refractivity contribution in [2.75, 3.05) is 5.73 Å². The van der Waals surface area contributed by atoms with Crippen LogP contribution in [0, 0.1) is 20.2 Å². The minimum absolute atomic E-state index is 0.0539. The molecular weight excluding hydrogens is 1410 g/mol. The van der Waals surface area contributed by atoms with Crippen molar-refractivity contribution in [1.82, 2.24) is 0 Å². The van der Waals surface area contributed by atoms with Gasteiger partial charge in [0.05, 0.1) is 77.4 Å². The van der Waals surface area contributed by atoms with E-state index in [2.05, 4.69) is 69.0 Å². The highest BCUT2D eigenvalue weighted by Gasteiger charge is 2.31. The third-order valence-electron chi connectivity index (χ3n) is 11.8. The lowest BCUT2D eigenvalue weighted by molar-refractivity contribution is -0.432. The van der Waals surface area contributed by atoms with Crippen LogP contribution in [-0.4, -0.2) is 106 Å². The first-order valence-electron chi connectivity index (χ1n) is 22.8. The Labute approximate surface area is 520 Å². The summed E-state index contributed by atoms with van der Waals surface area (Å²) >= 11 is -0.0329. The first-order valence-corrected chi connectivity index (χ1v) is 32.3. The number of hydrogen-bond donors (Lipinski definition) is 12. The Kier molecular flexibility index (Phi) is 20.1. The first kappa shape index (κ1) is 69.1. The number of phenolic OH excluding ortho intramolecular Hbond substituents is 3. The average molecular weight is 1440 g/mol. The van der Waals surface area contributed by atoms with Crippen molar-refractivity contribution in [2.45, 2.75) is 39.2 Å². The number of azo groups is 4. The van der Waals surface area contributed by atoms with Gasteiger partial charge in [-0.2, -0.15) is 47.2 Å². The zero-order valence-corrected chi connectivity index (χ0v) is 50.0. The van der Waals surface area contributed by atoms with Crippen LogP contribution in [0.25, 0.3) is 32.3 Å². The minimum atomic E-state index is -5.63. The van der Waals surface area contributed by atoms with E-state index in [0.29, 0.717) is 24.3 Å². The van der Waals surface area contributed by atoms with Gasteiger partial charge in [0.2, 0.25) is 0 Å². The number of nitrogens with two attached hydrogens (primary N) is 1. The lowest BCUT2D eigenvalue weighted by atomic mass is 10.0. The van der Waals surface area contributed by atoms with Gasteiger partial charge >= 0.3 is 0 Å². The van der Waals surface area contributed by atoms with Crippen LogP contribution in [0.1, 0.15) is 0 Å². The predicted molar refractivity (Wildman–Crippen MR) is 305 cm³/mol. The number of benzene rings is 8. The molecule has 0 aromatic heterocycles. The molecule has 42 nitrogen and oxygen atoms in total. The number of non-ortho nitro benzene ring substituents is 2. The van der Waals surface area contributed by atoms with E-state index in [1.54, 1.807) is 0 Å². The Bertz CT molecular complexity index is 5180. The molecule has 484 valence electrons. The van der Waals surface area contributed by atoms with Gasteiger partial charge in [-0.25, -0.2) is 15.8 Å². The molecule has 0 aliphatic rings. The zero-order valence-electron chi connectivity index (χ0n) is 43.5. The van der Waals surface area contributed by atoms with Gasteiger partial charge in [-0.05, 0) is 60.7 Å². The molecular formula is C42H27N11O31S8. The number of fused-ring (bicyclic) bond motifs is 3. The van der Waals surface area contributed by atoms with E-state index in [4.69, 9.17) is 21.5 Å². The summed E-state index contributed by atoms with van der Waals surface area (Å²) in [6, 6.07) is 9.69. The van der Waals surface area contributed by atoms with E-state index < -0.39 is 207 Å². The minimum Gasteiger partial charge on any atom is -0.505 e. The van der Waals surface area contributed by atoms with Gasteiger partial charge in [0.15, 0.2) is 17.2 Å². The van der Waals surface area contributed by atoms with E-state index in [-0.39, 0.29) is 41.0 Å². The molecule has 0 fully saturated rings. The summed E-state index contributed by atoms with van der Waals surface area (Å²) in [5.41, 5.74) is -2.49. The van der Waals surface area contributed by atoms with Crippen LogP contribution in [0.3, 0.4) is 0 Å². The molecule has 0 saturated heterocycles. The molecule has 0 aliphatic heterocycles. The number of nitro groups is 2. The maximum atomic E-state index is 13.2. The number of hydrogen-bond acceptors (Lipinski definition) is 38. The number of anilines is 1. The highest BCUT2D eigenvalue weighted by Crippen LogP contribution is 2.53. The smallest absolute Gasteiger partial charge is 0.297 e. The third-order valence-corrected chi connectivity index (χ3v) is 18.1. The van der Waals surface area contributed by atoms with Gasteiger partial charge in [0.1, 0.15) is 64.3 Å². The van der Waals surface area contributed by atoms with Crippen LogP contribution in [0.4, 0.5) is 62.6 Å². The topological polar surface area (TPSA) is 660 Å². The average Bonchev–Trinajstić information content (AvgIpc) is 0.757. The monoisotopic (exact) mass is 1440 g/mol. The standard InChI is InChI=1S/C42H27N11O31S8/c43-35-26(48-44-15-7-20-19(30(8-15)88(64,65)66)13-33(91(73,74)75)38(40(20)55)51-45-23-4-1-16(52(57)58)9-27(23)85-82-79-61)14-31(89(67,68)69)22-12-29(87-84-81-63)37(41(56)34(22)35)50-47-25-6-3-18-21(42(25)92(76,77)78)11-28(86-83-80-62)36(39(18)54)49-46-24-5-2-17(53(59)60)10-32(24)90(70,71)72/h1-14,54-56,61-63H,43H2,(H,64,65,66)(H,67,68,69)(H,70,71,72)(H,73,74,75)(H,76,77,78). The van der Waals surface area contributed by atoms with Crippen LogP contribution in [0.2, 0.25) is 0 Å². The molecule has 0 unspecified atom stereocenters. The lowest BCUT2D eigenvalue weighted by Gasteiger charge is -2.15. The van der Waals surface area contributed by atoms with Gasteiger partial charge in [-0.15, -0.1) is 48.8 Å². The van der Waals surface area contributed by atoms with Gasteiger partial charge in [-0.1, -0.05) is 15.1 Å². The maximum Gasteiger partial charge on any atom is 0.297 e. The summed E-state index contributed by atoms with van der Waals surface area (Å²) in [6.45, 7) is 0. The number of nitro benzene ring substituents is 2. The fourth-order valence-electron chi connectivity index (χ4n) is 8.07. The summed E-state index contributed by atoms with van der Waals surface area (Å²) in [5, 5.41) is 120. The highest BCUT2D eigenvalue weighted by molar-refractivity contribution is 7.95. The number of rotatable bonds is 24. The van der Waals surface area contributed by atoms with Gasteiger partial charge in [-0.3, -0.25) is 43.0 Å². The Morgan fingerprint density at radius 3 is 1.40 bits per heavy atom. The van der Waals surface area contributed by atoms with Crippen molar-refractivity contribution >= 4 is 182 Å². The maximum absolute atomic E-state index is 13.2. The van der Waals surface area contributed by atoms with Crippen LogP contribution in [0.5, 0.6) is 17.2 Å². The number of aromatic hydroxyl groups is 3. The van der Waals surface area contributed by atoms with Gasteiger partial charge < -0.3 is 21.1 Å². The zero-order chi connectivity index (χ0) is 67.7. The van der Waals surface area contributed by atoms with Crippen molar-refractivity contribution in [3.8, 4) is 17.2 Å². The Morgan fingerprint density at radius 2 is 0.859 bits per heavy atom.